The van der Waals surface area contributed by atoms with Crippen LogP contribution in [0, 0.1) is 12.8 Å². The average Bonchev–Trinajstić information content (AvgIpc) is 3.43. The number of nitrogens with zero attached hydrogens (tertiary/aromatic N) is 3. The number of thiophene rings is 1. The van der Waals surface area contributed by atoms with Crippen molar-refractivity contribution in [2.45, 2.75) is 38.9 Å². The number of amides is 2. The van der Waals surface area contributed by atoms with Crippen molar-refractivity contribution in [2.24, 2.45) is 5.92 Å². The van der Waals surface area contributed by atoms with Gasteiger partial charge in [0.05, 0.1) is 18.3 Å². The van der Waals surface area contributed by atoms with E-state index >= 15 is 0 Å². The van der Waals surface area contributed by atoms with Crippen molar-refractivity contribution in [3.8, 4) is 0 Å². The molecule has 2 aromatic heterocycles. The van der Waals surface area contributed by atoms with Crippen LogP contribution in [0.4, 0.5) is 5.69 Å². The fourth-order valence-corrected chi connectivity index (χ4v) is 4.75. The normalized spacial score (nSPS) is 20.1. The maximum absolute atomic E-state index is 13.2. The number of aryl methyl sites for hydroxylation is 1. The molecule has 0 unspecified atom stereocenters. The second-order valence-corrected chi connectivity index (χ2v) is 8.52. The lowest BCUT2D eigenvalue weighted by Gasteiger charge is -2.28. The molecular formula is C22H24N4O2S. The fourth-order valence-electron chi connectivity index (χ4n) is 3.87. The zero-order valence-electron chi connectivity index (χ0n) is 16.5. The minimum absolute atomic E-state index is 0.0188. The average molecular weight is 409 g/mol. The third kappa shape index (κ3) is 4.10. The molecule has 3 heterocycles. The van der Waals surface area contributed by atoms with Crippen LogP contribution in [0.1, 0.15) is 29.8 Å². The van der Waals surface area contributed by atoms with Gasteiger partial charge >= 0.3 is 0 Å². The highest BCUT2D eigenvalue weighted by molar-refractivity contribution is 7.10. The van der Waals surface area contributed by atoms with Crippen LogP contribution in [0.25, 0.3) is 0 Å². The van der Waals surface area contributed by atoms with Crippen LogP contribution in [0.2, 0.25) is 0 Å². The lowest BCUT2D eigenvalue weighted by molar-refractivity contribution is -0.127. The molecular weight excluding hydrogens is 384 g/mol. The summed E-state index contributed by atoms with van der Waals surface area (Å²) in [6.45, 7) is 4.62. The lowest BCUT2D eigenvalue weighted by atomic mass is 9.97. The first kappa shape index (κ1) is 19.4. The van der Waals surface area contributed by atoms with E-state index in [1.54, 1.807) is 28.8 Å². The number of benzene rings is 1. The van der Waals surface area contributed by atoms with E-state index in [4.69, 9.17) is 0 Å². The molecule has 150 valence electrons. The molecule has 29 heavy (non-hydrogen) atoms. The van der Waals surface area contributed by atoms with Crippen molar-refractivity contribution >= 4 is 28.8 Å². The highest BCUT2D eigenvalue weighted by Crippen LogP contribution is 2.43. The lowest BCUT2D eigenvalue weighted by Crippen LogP contribution is -2.41. The first-order valence-corrected chi connectivity index (χ1v) is 10.6. The molecule has 4 rings (SSSR count). The Labute approximate surface area is 174 Å². The van der Waals surface area contributed by atoms with Crippen LogP contribution < -0.4 is 10.2 Å². The molecule has 0 saturated carbocycles. The number of carbonyl (C=O) groups excluding carboxylic acids is 2. The Balaban J connectivity index is 1.57. The molecule has 7 heteroatoms. The molecule has 0 bridgehead atoms. The van der Waals surface area contributed by atoms with Gasteiger partial charge in [-0.3, -0.25) is 9.59 Å². The van der Waals surface area contributed by atoms with E-state index in [0.717, 1.165) is 16.1 Å². The maximum atomic E-state index is 13.2. The first-order chi connectivity index (χ1) is 14.0. The van der Waals surface area contributed by atoms with Gasteiger partial charge in [0.1, 0.15) is 0 Å². The van der Waals surface area contributed by atoms with Gasteiger partial charge in [-0.1, -0.05) is 23.8 Å². The second kappa shape index (κ2) is 8.21. The third-order valence-corrected chi connectivity index (χ3v) is 6.18. The number of hydrogen-bond acceptors (Lipinski definition) is 4. The molecule has 3 aromatic rings. The molecule has 1 fully saturated rings. The van der Waals surface area contributed by atoms with Crippen molar-refractivity contribution in [2.75, 3.05) is 4.90 Å². The van der Waals surface area contributed by atoms with E-state index in [2.05, 4.69) is 10.3 Å². The summed E-state index contributed by atoms with van der Waals surface area (Å²) in [6, 6.07) is 11.5. The fraction of sp³-hybridized carbons (Fsp3) is 0.318. The topological polar surface area (TPSA) is 67.2 Å². The quantitative estimate of drug-likeness (QED) is 0.678. The molecule has 1 aliphatic heterocycles. The first-order valence-electron chi connectivity index (χ1n) is 9.71. The van der Waals surface area contributed by atoms with Crippen LogP contribution in [0.3, 0.4) is 0 Å². The Kier molecular flexibility index (Phi) is 5.49. The Morgan fingerprint density at radius 2 is 2.10 bits per heavy atom. The summed E-state index contributed by atoms with van der Waals surface area (Å²) >= 11 is 1.58. The summed E-state index contributed by atoms with van der Waals surface area (Å²) in [5.41, 5.74) is 1.97. The largest absolute Gasteiger partial charge is 0.352 e. The van der Waals surface area contributed by atoms with Gasteiger partial charge in [-0.15, -0.1) is 11.3 Å². The Morgan fingerprint density at radius 3 is 2.76 bits per heavy atom. The summed E-state index contributed by atoms with van der Waals surface area (Å²) in [7, 11) is 0. The predicted molar refractivity (Wildman–Crippen MR) is 114 cm³/mol. The molecule has 0 radical (unpaired) electrons. The monoisotopic (exact) mass is 408 g/mol. The molecule has 3 atom stereocenters. The Morgan fingerprint density at radius 1 is 1.31 bits per heavy atom. The number of hydrogen-bond donors (Lipinski definition) is 1. The number of aromatic nitrogens is 2. The van der Waals surface area contributed by atoms with Crippen molar-refractivity contribution in [1.29, 1.82) is 0 Å². The minimum atomic E-state index is -0.423. The zero-order valence-corrected chi connectivity index (χ0v) is 17.3. The summed E-state index contributed by atoms with van der Waals surface area (Å²) in [4.78, 5) is 33.0. The van der Waals surface area contributed by atoms with Gasteiger partial charge in [0.15, 0.2) is 0 Å². The van der Waals surface area contributed by atoms with Crippen molar-refractivity contribution in [3.05, 3.63) is 70.9 Å². The van der Waals surface area contributed by atoms with Crippen LogP contribution in [-0.2, 0) is 16.1 Å². The number of carbonyl (C=O) groups is 2. The third-order valence-electron chi connectivity index (χ3n) is 5.24. The molecule has 1 aromatic carbocycles. The van der Waals surface area contributed by atoms with E-state index in [0.29, 0.717) is 6.54 Å². The van der Waals surface area contributed by atoms with E-state index in [1.807, 2.05) is 66.4 Å². The summed E-state index contributed by atoms with van der Waals surface area (Å²) in [5, 5.41) is 5.08. The maximum Gasteiger partial charge on any atom is 0.228 e. The zero-order chi connectivity index (χ0) is 20.4. The smallest absolute Gasteiger partial charge is 0.228 e. The van der Waals surface area contributed by atoms with Crippen LogP contribution in [-0.4, -0.2) is 27.4 Å². The molecule has 6 nitrogen and oxygen atoms in total. The van der Waals surface area contributed by atoms with Gasteiger partial charge in [0.2, 0.25) is 11.8 Å². The standard InChI is InChI=1S/C22H24N4O2S/c1-15-5-7-17(8-6-15)26-20(27)12-18(21(26)19-4-3-11-29-19)22(28)24-16(2)13-25-10-9-23-14-25/h3-11,14,16,18,21H,12-13H2,1-2H3,(H,24,28)/t16-,18-,21-/m0/s1. The predicted octanol–water partition coefficient (Wildman–Crippen LogP) is 3.55. The summed E-state index contributed by atoms with van der Waals surface area (Å²) < 4.78 is 1.93. The summed E-state index contributed by atoms with van der Waals surface area (Å²) in [6.07, 6.45) is 5.53. The van der Waals surface area contributed by atoms with Gasteiger partial charge < -0.3 is 14.8 Å². The summed E-state index contributed by atoms with van der Waals surface area (Å²) in [5.74, 6) is -0.527. The van der Waals surface area contributed by atoms with Crippen LogP contribution in [0.15, 0.2) is 60.5 Å². The number of anilines is 1. The number of imidazole rings is 1. The highest BCUT2D eigenvalue weighted by atomic mass is 32.1. The van der Waals surface area contributed by atoms with Gasteiger partial charge in [-0.2, -0.15) is 0 Å². The number of rotatable bonds is 6. The van der Waals surface area contributed by atoms with Gasteiger partial charge in [0.25, 0.3) is 0 Å². The van der Waals surface area contributed by atoms with E-state index in [1.165, 1.54) is 0 Å². The van der Waals surface area contributed by atoms with Gasteiger partial charge in [0, 0.05) is 42.0 Å². The molecule has 1 aliphatic rings. The van der Waals surface area contributed by atoms with E-state index < -0.39 is 5.92 Å². The molecule has 1 N–H and O–H groups in total. The molecule has 0 spiro atoms. The van der Waals surface area contributed by atoms with E-state index in [-0.39, 0.29) is 30.3 Å². The van der Waals surface area contributed by atoms with Crippen molar-refractivity contribution in [1.82, 2.24) is 14.9 Å². The second-order valence-electron chi connectivity index (χ2n) is 7.54. The minimum Gasteiger partial charge on any atom is -0.352 e. The highest BCUT2D eigenvalue weighted by Gasteiger charge is 2.45. The van der Waals surface area contributed by atoms with E-state index in [9.17, 15) is 9.59 Å². The van der Waals surface area contributed by atoms with Gasteiger partial charge in [-0.05, 0) is 37.4 Å². The van der Waals surface area contributed by atoms with Crippen molar-refractivity contribution < 1.29 is 9.59 Å². The Bertz CT molecular complexity index is 967. The van der Waals surface area contributed by atoms with Crippen LogP contribution in [0.5, 0.6) is 0 Å². The SMILES string of the molecule is Cc1ccc(N2C(=O)C[C@H](C(=O)N[C@@H](C)Cn3ccnc3)[C@H]2c2cccs2)cc1. The molecule has 2 amide bonds. The molecule has 1 saturated heterocycles. The van der Waals surface area contributed by atoms with Crippen LogP contribution >= 0.6 is 11.3 Å². The number of nitrogens with one attached hydrogen (secondary N) is 1. The Hall–Kier alpha value is -2.93. The van der Waals surface area contributed by atoms with Crippen molar-refractivity contribution in [3.63, 3.8) is 0 Å². The molecule has 0 aliphatic carbocycles. The van der Waals surface area contributed by atoms with Gasteiger partial charge in [-0.25, -0.2) is 4.98 Å².